The van der Waals surface area contributed by atoms with Crippen LogP contribution in [0.15, 0.2) is 23.4 Å². The van der Waals surface area contributed by atoms with Gasteiger partial charge in [-0.15, -0.1) is 0 Å². The number of nitrogens with zero attached hydrogens (tertiary/aromatic N) is 2. The predicted molar refractivity (Wildman–Crippen MR) is 64.3 cm³/mol. The lowest BCUT2D eigenvalue weighted by Gasteiger charge is -2.21. The predicted octanol–water partition coefficient (Wildman–Crippen LogP) is 1.23. The van der Waals surface area contributed by atoms with Gasteiger partial charge in [0.1, 0.15) is 0 Å². The summed E-state index contributed by atoms with van der Waals surface area (Å²) in [6.07, 6.45) is -4.62. The lowest BCUT2D eigenvalue weighted by atomic mass is 10.0. The summed E-state index contributed by atoms with van der Waals surface area (Å²) in [5.41, 5.74) is 4.11. The van der Waals surface area contributed by atoms with Crippen molar-refractivity contribution < 1.29 is 23.5 Å². The number of aliphatic hydroxyl groups excluding tert-OH is 1. The number of aliphatic hydroxyl groups is 1. The Kier molecular flexibility index (Phi) is 4.60. The molecule has 0 amide bonds. The van der Waals surface area contributed by atoms with Crippen LogP contribution < -0.4 is 10.6 Å². The van der Waals surface area contributed by atoms with Gasteiger partial charge in [0.25, 0.3) is 0 Å². The number of oxime groups is 1. The number of benzene rings is 1. The second-order valence-electron chi connectivity index (χ2n) is 3.86. The minimum absolute atomic E-state index is 0.181. The van der Waals surface area contributed by atoms with Crippen molar-refractivity contribution in [1.29, 1.82) is 0 Å². The van der Waals surface area contributed by atoms with Gasteiger partial charge in [0.2, 0.25) is 0 Å². The number of hydrogen-bond acceptors (Lipinski definition) is 4. The molecule has 1 aromatic rings. The second-order valence-corrected chi connectivity index (χ2v) is 3.86. The van der Waals surface area contributed by atoms with E-state index in [0.29, 0.717) is 0 Å². The van der Waals surface area contributed by atoms with Crippen LogP contribution in [0.5, 0.6) is 0 Å². The lowest BCUT2D eigenvalue weighted by Crippen LogP contribution is -2.24. The summed E-state index contributed by atoms with van der Waals surface area (Å²) < 4.78 is 38.7. The van der Waals surface area contributed by atoms with Crippen LogP contribution in [0.1, 0.15) is 11.1 Å². The first-order chi connectivity index (χ1) is 8.81. The van der Waals surface area contributed by atoms with Crippen LogP contribution in [-0.4, -0.2) is 36.3 Å². The molecule has 0 aliphatic heterocycles. The number of amidine groups is 1. The molecule has 4 N–H and O–H groups in total. The highest BCUT2D eigenvalue weighted by Gasteiger charge is 2.35. The molecule has 0 saturated heterocycles. The summed E-state index contributed by atoms with van der Waals surface area (Å²) in [5, 5.41) is 19.8. The first-order valence-corrected chi connectivity index (χ1v) is 5.32. The highest BCUT2D eigenvalue weighted by atomic mass is 19.4. The molecule has 106 valence electrons. The molecule has 1 aromatic carbocycles. The largest absolute Gasteiger partial charge is 0.417 e. The van der Waals surface area contributed by atoms with E-state index in [4.69, 9.17) is 16.0 Å². The molecule has 0 spiro atoms. The monoisotopic (exact) mass is 277 g/mol. The molecule has 0 bridgehead atoms. The van der Waals surface area contributed by atoms with Crippen molar-refractivity contribution in [2.75, 3.05) is 25.1 Å². The van der Waals surface area contributed by atoms with E-state index in [-0.39, 0.29) is 18.8 Å². The van der Waals surface area contributed by atoms with E-state index in [9.17, 15) is 13.2 Å². The van der Waals surface area contributed by atoms with E-state index in [0.717, 1.165) is 12.1 Å². The summed E-state index contributed by atoms with van der Waals surface area (Å²) in [7, 11) is 1.55. The van der Waals surface area contributed by atoms with Crippen molar-refractivity contribution in [3.8, 4) is 0 Å². The Labute approximate surface area is 107 Å². The van der Waals surface area contributed by atoms with Crippen LogP contribution in [0.2, 0.25) is 0 Å². The minimum atomic E-state index is -4.62. The molecule has 0 aliphatic rings. The molecular formula is C11H14F3N3O2. The summed E-state index contributed by atoms with van der Waals surface area (Å²) in [5.74, 6) is -0.608. The van der Waals surface area contributed by atoms with Gasteiger partial charge in [0, 0.05) is 24.8 Å². The van der Waals surface area contributed by atoms with Crippen molar-refractivity contribution >= 4 is 11.5 Å². The van der Waals surface area contributed by atoms with E-state index >= 15 is 0 Å². The summed E-state index contributed by atoms with van der Waals surface area (Å²) in [6.45, 7) is 0.0139. The average Bonchev–Trinajstić information content (AvgIpc) is 2.36. The van der Waals surface area contributed by atoms with Crippen LogP contribution in [0.25, 0.3) is 0 Å². The molecule has 0 atom stereocenters. The Hall–Kier alpha value is -1.96. The van der Waals surface area contributed by atoms with Crippen LogP contribution in [-0.2, 0) is 6.18 Å². The molecular weight excluding hydrogens is 263 g/mol. The molecule has 8 heteroatoms. The fraction of sp³-hybridized carbons (Fsp3) is 0.364. The van der Waals surface area contributed by atoms with Crippen molar-refractivity contribution in [3.05, 3.63) is 29.3 Å². The molecule has 0 heterocycles. The van der Waals surface area contributed by atoms with Gasteiger partial charge in [-0.3, -0.25) is 0 Å². The third-order valence-corrected chi connectivity index (χ3v) is 2.57. The number of halogens is 3. The summed E-state index contributed by atoms with van der Waals surface area (Å²) in [4.78, 5) is 1.46. The third-order valence-electron chi connectivity index (χ3n) is 2.57. The van der Waals surface area contributed by atoms with Gasteiger partial charge >= 0.3 is 6.18 Å². The highest BCUT2D eigenvalue weighted by Crippen LogP contribution is 2.34. The van der Waals surface area contributed by atoms with Gasteiger partial charge in [-0.2, -0.15) is 13.2 Å². The first-order valence-electron chi connectivity index (χ1n) is 5.32. The Morgan fingerprint density at radius 1 is 1.42 bits per heavy atom. The van der Waals surface area contributed by atoms with Crippen molar-refractivity contribution in [2.45, 2.75) is 6.18 Å². The van der Waals surface area contributed by atoms with Gasteiger partial charge in [0.05, 0.1) is 12.2 Å². The molecule has 0 aliphatic carbocycles. The van der Waals surface area contributed by atoms with E-state index in [2.05, 4.69) is 5.16 Å². The first kappa shape index (κ1) is 15.1. The zero-order valence-electron chi connectivity index (χ0n) is 10.1. The molecule has 5 nitrogen and oxygen atoms in total. The quantitative estimate of drug-likeness (QED) is 0.334. The maximum absolute atomic E-state index is 12.9. The smallest absolute Gasteiger partial charge is 0.409 e. The lowest BCUT2D eigenvalue weighted by molar-refractivity contribution is -0.137. The van der Waals surface area contributed by atoms with Gasteiger partial charge in [-0.1, -0.05) is 5.16 Å². The number of anilines is 1. The Morgan fingerprint density at radius 2 is 2.05 bits per heavy atom. The van der Waals surface area contributed by atoms with Gasteiger partial charge in [0.15, 0.2) is 5.84 Å². The minimum Gasteiger partial charge on any atom is -0.409 e. The normalized spacial score (nSPS) is 12.6. The highest BCUT2D eigenvalue weighted by molar-refractivity contribution is 5.99. The van der Waals surface area contributed by atoms with E-state index < -0.39 is 23.1 Å². The van der Waals surface area contributed by atoms with Crippen LogP contribution >= 0.6 is 0 Å². The van der Waals surface area contributed by atoms with E-state index in [1.807, 2.05) is 0 Å². The molecule has 0 saturated carbocycles. The number of alkyl halides is 3. The number of nitrogens with two attached hydrogens (primary N) is 1. The molecule has 0 radical (unpaired) electrons. The molecule has 0 aromatic heterocycles. The maximum atomic E-state index is 12.9. The number of hydrogen-bond donors (Lipinski definition) is 3. The fourth-order valence-corrected chi connectivity index (χ4v) is 1.56. The second kappa shape index (κ2) is 5.79. The van der Waals surface area contributed by atoms with Crippen LogP contribution in [0.4, 0.5) is 18.9 Å². The van der Waals surface area contributed by atoms with E-state index in [1.54, 1.807) is 7.05 Å². The Balaban J connectivity index is 3.31. The Morgan fingerprint density at radius 3 is 2.53 bits per heavy atom. The van der Waals surface area contributed by atoms with Crippen molar-refractivity contribution in [1.82, 2.24) is 0 Å². The molecule has 1 rings (SSSR count). The molecule has 19 heavy (non-hydrogen) atoms. The standard InChI is InChI=1S/C11H14F3N3O2/c1-17(4-5-18)7-2-3-8(10(15)16-19)9(6-7)11(12,13)14/h2-3,6,18-19H,4-5H2,1H3,(H2,15,16). The summed E-state index contributed by atoms with van der Waals surface area (Å²) >= 11 is 0. The van der Waals surface area contributed by atoms with Crippen molar-refractivity contribution in [3.63, 3.8) is 0 Å². The van der Waals surface area contributed by atoms with Crippen molar-refractivity contribution in [2.24, 2.45) is 10.9 Å². The Bertz CT molecular complexity index is 475. The molecule has 0 fully saturated rings. The van der Waals surface area contributed by atoms with Gasteiger partial charge < -0.3 is 20.9 Å². The topological polar surface area (TPSA) is 82.1 Å². The van der Waals surface area contributed by atoms with Gasteiger partial charge in [-0.25, -0.2) is 0 Å². The van der Waals surface area contributed by atoms with E-state index in [1.165, 1.54) is 11.0 Å². The van der Waals surface area contributed by atoms with Crippen LogP contribution in [0.3, 0.4) is 0 Å². The van der Waals surface area contributed by atoms with Crippen LogP contribution in [0, 0.1) is 0 Å². The fourth-order valence-electron chi connectivity index (χ4n) is 1.56. The number of likely N-dealkylation sites (N-methyl/N-ethyl adjacent to an activating group) is 1. The maximum Gasteiger partial charge on any atom is 0.417 e. The average molecular weight is 277 g/mol. The zero-order valence-corrected chi connectivity index (χ0v) is 10.1. The van der Waals surface area contributed by atoms with Gasteiger partial charge in [-0.05, 0) is 18.2 Å². The summed E-state index contributed by atoms with van der Waals surface area (Å²) in [6, 6.07) is 3.42. The number of rotatable bonds is 4. The zero-order chi connectivity index (χ0) is 14.6. The molecule has 0 unspecified atom stereocenters. The SMILES string of the molecule is CN(CCO)c1ccc(/C(N)=N/O)c(C(F)(F)F)c1. The third kappa shape index (κ3) is 3.50.